The van der Waals surface area contributed by atoms with Gasteiger partial charge in [0, 0.05) is 13.0 Å². The molecule has 0 saturated carbocycles. The lowest BCUT2D eigenvalue weighted by atomic mass is 10.2. The molecule has 0 aromatic heterocycles. The van der Waals surface area contributed by atoms with Gasteiger partial charge < -0.3 is 4.74 Å². The summed E-state index contributed by atoms with van der Waals surface area (Å²) in [5.74, 6) is 6.23. The second kappa shape index (κ2) is 6.90. The summed E-state index contributed by atoms with van der Waals surface area (Å²) in [6.07, 6.45) is 4.13. The molecule has 0 aromatic carbocycles. The quantitative estimate of drug-likeness (QED) is 0.319. The maximum atomic E-state index is 5.40. The summed E-state index contributed by atoms with van der Waals surface area (Å²) in [4.78, 5) is 10.2. The molecule has 1 saturated heterocycles. The van der Waals surface area contributed by atoms with Crippen molar-refractivity contribution in [1.29, 1.82) is 0 Å². The van der Waals surface area contributed by atoms with E-state index < -0.39 is 0 Å². The Morgan fingerprint density at radius 2 is 2.19 bits per heavy atom. The Morgan fingerprint density at radius 1 is 1.38 bits per heavy atom. The molecule has 92 valence electrons. The Hall–Kier alpha value is -0.560. The fourth-order valence-electron chi connectivity index (χ4n) is 1.32. The topological polar surface area (TPSA) is 27.7 Å². The minimum Gasteiger partial charge on any atom is -0.366 e. The molecule has 0 spiro atoms. The zero-order valence-electron chi connectivity index (χ0n) is 10.5. The van der Waals surface area contributed by atoms with Crippen molar-refractivity contribution in [2.45, 2.75) is 58.2 Å². The Kier molecular flexibility index (Phi) is 5.83. The van der Waals surface area contributed by atoms with Crippen molar-refractivity contribution < 1.29 is 14.5 Å². The van der Waals surface area contributed by atoms with Crippen molar-refractivity contribution in [2.75, 3.05) is 13.2 Å². The average molecular weight is 226 g/mol. The highest BCUT2D eigenvalue weighted by molar-refractivity contribution is 5.06. The van der Waals surface area contributed by atoms with Crippen molar-refractivity contribution in [2.24, 2.45) is 0 Å². The monoisotopic (exact) mass is 226 g/mol. The Labute approximate surface area is 98.4 Å². The first-order valence-corrected chi connectivity index (χ1v) is 5.98. The molecule has 16 heavy (non-hydrogen) atoms. The highest BCUT2D eigenvalue weighted by Crippen LogP contribution is 2.10. The normalized spacial score (nSPS) is 20.6. The van der Waals surface area contributed by atoms with E-state index in [0.29, 0.717) is 6.61 Å². The first-order chi connectivity index (χ1) is 7.58. The summed E-state index contributed by atoms with van der Waals surface area (Å²) in [7, 11) is 0. The van der Waals surface area contributed by atoms with Gasteiger partial charge in [0.1, 0.15) is 6.10 Å². The van der Waals surface area contributed by atoms with Crippen molar-refractivity contribution in [3.05, 3.63) is 0 Å². The number of hydrogen-bond acceptors (Lipinski definition) is 3. The van der Waals surface area contributed by atoms with Crippen molar-refractivity contribution >= 4 is 0 Å². The van der Waals surface area contributed by atoms with E-state index in [9.17, 15) is 0 Å². The van der Waals surface area contributed by atoms with E-state index in [4.69, 9.17) is 14.5 Å². The average Bonchev–Trinajstić information content (AvgIpc) is 2.67. The predicted octanol–water partition coefficient (Wildman–Crippen LogP) is 2.70. The zero-order chi connectivity index (χ0) is 11.9. The minimum atomic E-state index is -0.233. The zero-order valence-corrected chi connectivity index (χ0v) is 10.5. The van der Waals surface area contributed by atoms with Crippen LogP contribution in [0.3, 0.4) is 0 Å². The maximum Gasteiger partial charge on any atom is 0.118 e. The molecule has 1 unspecified atom stereocenters. The summed E-state index contributed by atoms with van der Waals surface area (Å²) in [6.45, 7) is 7.35. The second-order valence-electron chi connectivity index (χ2n) is 4.94. The fraction of sp³-hybridized carbons (Fsp3) is 0.846. The van der Waals surface area contributed by atoms with E-state index in [-0.39, 0.29) is 11.7 Å². The highest BCUT2D eigenvalue weighted by atomic mass is 17.2. The van der Waals surface area contributed by atoms with E-state index in [1.165, 1.54) is 0 Å². The fourth-order valence-corrected chi connectivity index (χ4v) is 1.32. The van der Waals surface area contributed by atoms with Crippen LogP contribution in [0.2, 0.25) is 0 Å². The van der Waals surface area contributed by atoms with Gasteiger partial charge in [0.2, 0.25) is 0 Å². The van der Waals surface area contributed by atoms with Crippen LogP contribution in [0.15, 0.2) is 0 Å². The lowest BCUT2D eigenvalue weighted by Crippen LogP contribution is -2.19. The highest BCUT2D eigenvalue weighted by Gasteiger charge is 2.11. The molecule has 0 aromatic rings. The molecule has 3 heteroatoms. The standard InChI is InChI=1S/C13H22O3/c1-13(2,3)16-15-11-6-4-5-8-12-9-7-10-14-12/h12H,4,6-7,9-11H2,1-3H3. The van der Waals surface area contributed by atoms with Gasteiger partial charge in [0.25, 0.3) is 0 Å². The van der Waals surface area contributed by atoms with Crippen LogP contribution in [0.4, 0.5) is 0 Å². The minimum absolute atomic E-state index is 0.173. The van der Waals surface area contributed by atoms with Gasteiger partial charge in [-0.1, -0.05) is 5.92 Å². The van der Waals surface area contributed by atoms with Crippen LogP contribution < -0.4 is 0 Å². The number of hydrogen-bond donors (Lipinski definition) is 0. The van der Waals surface area contributed by atoms with E-state index >= 15 is 0 Å². The van der Waals surface area contributed by atoms with E-state index in [0.717, 1.165) is 32.3 Å². The van der Waals surface area contributed by atoms with E-state index in [1.807, 2.05) is 20.8 Å². The Balaban J connectivity index is 1.95. The molecule has 1 heterocycles. The lowest BCUT2D eigenvalue weighted by Gasteiger charge is -2.17. The lowest BCUT2D eigenvalue weighted by molar-refractivity contribution is -0.348. The summed E-state index contributed by atoms with van der Waals surface area (Å²) in [5, 5.41) is 0. The van der Waals surface area contributed by atoms with Crippen LogP contribution in [0, 0.1) is 11.8 Å². The summed E-state index contributed by atoms with van der Waals surface area (Å²) in [6, 6.07) is 0. The van der Waals surface area contributed by atoms with Gasteiger partial charge in [0.05, 0.1) is 12.2 Å². The third-order valence-electron chi connectivity index (χ3n) is 2.03. The molecular weight excluding hydrogens is 204 g/mol. The van der Waals surface area contributed by atoms with Crippen molar-refractivity contribution in [3.8, 4) is 11.8 Å². The van der Waals surface area contributed by atoms with Crippen LogP contribution in [-0.2, 0) is 14.5 Å². The Morgan fingerprint density at radius 3 is 2.81 bits per heavy atom. The van der Waals surface area contributed by atoms with Crippen LogP contribution in [-0.4, -0.2) is 24.9 Å². The molecule has 0 N–H and O–H groups in total. The molecule has 1 rings (SSSR count). The van der Waals surface area contributed by atoms with Crippen LogP contribution in [0.25, 0.3) is 0 Å². The van der Waals surface area contributed by atoms with Gasteiger partial charge in [0.15, 0.2) is 0 Å². The maximum absolute atomic E-state index is 5.40. The van der Waals surface area contributed by atoms with Crippen LogP contribution in [0.5, 0.6) is 0 Å². The van der Waals surface area contributed by atoms with Gasteiger partial charge in [-0.3, -0.25) is 0 Å². The smallest absolute Gasteiger partial charge is 0.118 e. The first kappa shape index (κ1) is 13.5. The third kappa shape index (κ3) is 6.84. The SMILES string of the molecule is CC(C)(C)OOCCCC#CC1CCCO1. The predicted molar refractivity (Wildman–Crippen MR) is 62.8 cm³/mol. The number of ether oxygens (including phenoxy) is 1. The van der Waals surface area contributed by atoms with Gasteiger partial charge in [-0.2, -0.15) is 0 Å². The number of unbranched alkanes of at least 4 members (excludes halogenated alkanes) is 1. The van der Waals surface area contributed by atoms with Crippen molar-refractivity contribution in [3.63, 3.8) is 0 Å². The summed E-state index contributed by atoms with van der Waals surface area (Å²) in [5.41, 5.74) is -0.233. The molecule has 0 bridgehead atoms. The molecule has 0 aliphatic carbocycles. The third-order valence-corrected chi connectivity index (χ3v) is 2.03. The largest absolute Gasteiger partial charge is 0.366 e. The van der Waals surface area contributed by atoms with Gasteiger partial charge in [-0.25, -0.2) is 9.78 Å². The molecule has 1 aliphatic rings. The van der Waals surface area contributed by atoms with E-state index in [1.54, 1.807) is 0 Å². The van der Waals surface area contributed by atoms with Gasteiger partial charge in [-0.05, 0) is 40.0 Å². The molecule has 0 amide bonds. The van der Waals surface area contributed by atoms with Crippen LogP contribution >= 0.6 is 0 Å². The number of rotatable bonds is 4. The molecule has 1 aliphatic heterocycles. The molecular formula is C13H22O3. The molecule has 1 atom stereocenters. The van der Waals surface area contributed by atoms with Crippen LogP contribution in [0.1, 0.15) is 46.5 Å². The Bertz CT molecular complexity index is 238. The summed E-state index contributed by atoms with van der Waals surface area (Å²) >= 11 is 0. The molecule has 0 radical (unpaired) electrons. The second-order valence-corrected chi connectivity index (χ2v) is 4.94. The summed E-state index contributed by atoms with van der Waals surface area (Å²) < 4.78 is 5.40. The van der Waals surface area contributed by atoms with Crippen molar-refractivity contribution in [1.82, 2.24) is 0 Å². The van der Waals surface area contributed by atoms with Gasteiger partial charge >= 0.3 is 0 Å². The first-order valence-electron chi connectivity index (χ1n) is 5.98. The molecule has 3 nitrogen and oxygen atoms in total. The van der Waals surface area contributed by atoms with E-state index in [2.05, 4.69) is 11.8 Å². The van der Waals surface area contributed by atoms with Gasteiger partial charge in [-0.15, -0.1) is 5.92 Å². The molecule has 1 fully saturated rings.